The molecule has 0 fully saturated rings. The number of aromatic nitrogens is 2. The molecule has 2 rings (SSSR count). The van der Waals surface area contributed by atoms with Gasteiger partial charge in [-0.25, -0.2) is 0 Å². The maximum absolute atomic E-state index is 12.7. The maximum atomic E-state index is 12.7. The molecule has 0 saturated heterocycles. The lowest BCUT2D eigenvalue weighted by atomic mass is 10.1. The average Bonchev–Trinajstić information content (AvgIpc) is 2.88. The normalized spacial score (nSPS) is 11.4. The number of nitrogens with one attached hydrogen (secondary N) is 1. The van der Waals surface area contributed by atoms with E-state index in [9.17, 15) is 18.0 Å². The van der Waals surface area contributed by atoms with Gasteiger partial charge in [-0.15, -0.1) is 0 Å². The van der Waals surface area contributed by atoms with Crippen LogP contribution in [0, 0.1) is 0 Å². The number of halogens is 4. The Balaban J connectivity index is 2.14. The molecule has 1 N–H and O–H groups in total. The molecule has 5 nitrogen and oxygen atoms in total. The molecule has 0 spiro atoms. The van der Waals surface area contributed by atoms with Gasteiger partial charge in [0.05, 0.1) is 12.1 Å². The molecule has 0 atom stereocenters. The van der Waals surface area contributed by atoms with Gasteiger partial charge in [0.2, 0.25) is 6.39 Å². The fraction of sp³-hybridized carbons (Fsp3) is 0.182. The van der Waals surface area contributed by atoms with Gasteiger partial charge >= 0.3 is 6.18 Å². The minimum absolute atomic E-state index is 0.0350. The summed E-state index contributed by atoms with van der Waals surface area (Å²) in [5.74, 6) is -0.431. The highest BCUT2D eigenvalue weighted by atomic mass is 79.9. The van der Waals surface area contributed by atoms with Crippen LogP contribution in [0.4, 0.5) is 13.2 Å². The molecule has 1 amide bonds. The predicted molar refractivity (Wildman–Crippen MR) is 64.6 cm³/mol. The van der Waals surface area contributed by atoms with Gasteiger partial charge in [-0.05, 0) is 18.2 Å². The molecular formula is C11H7BrF3N3O2. The van der Waals surface area contributed by atoms with Crippen LogP contribution in [-0.4, -0.2) is 16.0 Å². The van der Waals surface area contributed by atoms with Crippen LogP contribution in [0.25, 0.3) is 0 Å². The topological polar surface area (TPSA) is 68.0 Å². The maximum Gasteiger partial charge on any atom is 0.417 e. The number of carbonyl (C=O) groups is 1. The molecule has 106 valence electrons. The molecule has 0 saturated carbocycles. The van der Waals surface area contributed by atoms with Crippen molar-refractivity contribution in [3.8, 4) is 0 Å². The molecule has 0 aliphatic heterocycles. The van der Waals surface area contributed by atoms with Crippen molar-refractivity contribution in [1.82, 2.24) is 15.5 Å². The summed E-state index contributed by atoms with van der Waals surface area (Å²) in [5, 5.41) is 5.86. The van der Waals surface area contributed by atoms with E-state index in [1.54, 1.807) is 0 Å². The zero-order valence-corrected chi connectivity index (χ0v) is 11.3. The summed E-state index contributed by atoms with van der Waals surface area (Å²) in [5.41, 5.74) is -1.02. The van der Waals surface area contributed by atoms with Crippen molar-refractivity contribution in [3.05, 3.63) is 46.0 Å². The fourth-order valence-corrected chi connectivity index (χ4v) is 1.89. The Morgan fingerprint density at radius 3 is 2.75 bits per heavy atom. The molecular weight excluding hydrogens is 343 g/mol. The second-order valence-corrected chi connectivity index (χ2v) is 4.58. The number of carbonyl (C=O) groups excluding carboxylic acids is 1. The largest absolute Gasteiger partial charge is 0.417 e. The molecule has 2 aromatic rings. The van der Waals surface area contributed by atoms with Crippen LogP contribution in [0.3, 0.4) is 0 Å². The van der Waals surface area contributed by atoms with Crippen LogP contribution < -0.4 is 5.32 Å². The Hall–Kier alpha value is -1.90. The van der Waals surface area contributed by atoms with Crippen molar-refractivity contribution in [3.63, 3.8) is 0 Å². The van der Waals surface area contributed by atoms with Crippen LogP contribution >= 0.6 is 15.9 Å². The number of nitrogens with zero attached hydrogens (tertiary/aromatic N) is 2. The van der Waals surface area contributed by atoms with E-state index in [1.165, 1.54) is 12.1 Å². The van der Waals surface area contributed by atoms with E-state index in [1.807, 2.05) is 0 Å². The van der Waals surface area contributed by atoms with Gasteiger partial charge in [0.1, 0.15) is 0 Å². The highest BCUT2D eigenvalue weighted by molar-refractivity contribution is 9.10. The third kappa shape index (κ3) is 3.35. The standard InChI is InChI=1S/C11H7BrF3N3O2/c12-8-2-1-6(3-7(8)11(13,14)15)10(19)16-4-9-17-5-20-18-9/h1-3,5H,4H2,(H,16,19). The van der Waals surface area contributed by atoms with Gasteiger partial charge in [-0.2, -0.15) is 18.2 Å². The first-order valence-electron chi connectivity index (χ1n) is 5.28. The zero-order valence-electron chi connectivity index (χ0n) is 9.74. The molecule has 1 aromatic heterocycles. The van der Waals surface area contributed by atoms with Crippen LogP contribution in [0.5, 0.6) is 0 Å². The Labute approximate surface area is 119 Å². The van der Waals surface area contributed by atoms with E-state index in [0.717, 1.165) is 12.5 Å². The lowest BCUT2D eigenvalue weighted by Gasteiger charge is -2.10. The second kappa shape index (κ2) is 5.61. The minimum atomic E-state index is -4.54. The summed E-state index contributed by atoms with van der Waals surface area (Å²) >= 11 is 2.80. The number of hydrogen-bond donors (Lipinski definition) is 1. The number of hydrogen-bond acceptors (Lipinski definition) is 4. The van der Waals surface area contributed by atoms with Crippen LogP contribution in [0.1, 0.15) is 21.7 Å². The van der Waals surface area contributed by atoms with Gasteiger partial charge in [0, 0.05) is 10.0 Å². The lowest BCUT2D eigenvalue weighted by Crippen LogP contribution is -2.24. The molecule has 0 aliphatic carbocycles. The molecule has 20 heavy (non-hydrogen) atoms. The summed E-state index contributed by atoms with van der Waals surface area (Å²) in [6, 6.07) is 3.23. The highest BCUT2D eigenvalue weighted by Gasteiger charge is 2.33. The van der Waals surface area contributed by atoms with E-state index < -0.39 is 17.6 Å². The quantitative estimate of drug-likeness (QED) is 0.925. The van der Waals surface area contributed by atoms with Crippen molar-refractivity contribution < 1.29 is 22.5 Å². The highest BCUT2D eigenvalue weighted by Crippen LogP contribution is 2.35. The van der Waals surface area contributed by atoms with E-state index in [0.29, 0.717) is 0 Å². The number of alkyl halides is 3. The van der Waals surface area contributed by atoms with Gasteiger partial charge in [0.15, 0.2) is 5.82 Å². The Kier molecular flexibility index (Phi) is 4.07. The molecule has 0 bridgehead atoms. The van der Waals surface area contributed by atoms with Crippen molar-refractivity contribution in [2.45, 2.75) is 12.7 Å². The van der Waals surface area contributed by atoms with Crippen molar-refractivity contribution in [2.24, 2.45) is 0 Å². The second-order valence-electron chi connectivity index (χ2n) is 3.72. The third-order valence-electron chi connectivity index (χ3n) is 2.35. The number of amides is 1. The summed E-state index contributed by atoms with van der Waals surface area (Å²) in [7, 11) is 0. The van der Waals surface area contributed by atoms with Gasteiger partial charge < -0.3 is 9.84 Å². The van der Waals surface area contributed by atoms with E-state index in [-0.39, 0.29) is 22.4 Å². The molecule has 0 unspecified atom stereocenters. The first-order chi connectivity index (χ1) is 9.38. The minimum Gasteiger partial charge on any atom is -0.345 e. The Morgan fingerprint density at radius 2 is 2.15 bits per heavy atom. The average molecular weight is 350 g/mol. The van der Waals surface area contributed by atoms with E-state index in [4.69, 9.17) is 0 Å². The lowest BCUT2D eigenvalue weighted by molar-refractivity contribution is -0.138. The number of rotatable bonds is 3. The molecule has 0 aliphatic rings. The first kappa shape index (κ1) is 14.5. The molecule has 0 radical (unpaired) electrons. The van der Waals surface area contributed by atoms with Crippen molar-refractivity contribution in [2.75, 3.05) is 0 Å². The predicted octanol–water partition coefficient (Wildman–Crippen LogP) is 2.78. The summed E-state index contributed by atoms with van der Waals surface area (Å²) < 4.78 is 42.5. The Morgan fingerprint density at radius 1 is 1.40 bits per heavy atom. The van der Waals surface area contributed by atoms with Crippen molar-refractivity contribution >= 4 is 21.8 Å². The van der Waals surface area contributed by atoms with E-state index in [2.05, 4.69) is 35.9 Å². The molecule has 1 aromatic carbocycles. The molecule has 9 heteroatoms. The fourth-order valence-electron chi connectivity index (χ4n) is 1.42. The zero-order chi connectivity index (χ0) is 14.8. The summed E-state index contributed by atoms with van der Waals surface area (Å²) in [6.45, 7) is -0.0350. The van der Waals surface area contributed by atoms with Crippen molar-refractivity contribution in [1.29, 1.82) is 0 Å². The van der Waals surface area contributed by atoms with Gasteiger partial charge in [-0.3, -0.25) is 4.79 Å². The summed E-state index contributed by atoms with van der Waals surface area (Å²) in [6.07, 6.45) is -3.45. The first-order valence-corrected chi connectivity index (χ1v) is 6.07. The van der Waals surface area contributed by atoms with E-state index >= 15 is 0 Å². The van der Waals surface area contributed by atoms with Crippen LogP contribution in [-0.2, 0) is 12.7 Å². The Bertz CT molecular complexity index is 614. The van der Waals surface area contributed by atoms with Gasteiger partial charge in [-0.1, -0.05) is 21.1 Å². The monoisotopic (exact) mass is 349 g/mol. The third-order valence-corrected chi connectivity index (χ3v) is 3.04. The van der Waals surface area contributed by atoms with Crippen LogP contribution in [0.15, 0.2) is 33.6 Å². The SMILES string of the molecule is O=C(NCc1ncon1)c1ccc(Br)c(C(F)(F)F)c1. The summed E-state index contributed by atoms with van der Waals surface area (Å²) in [4.78, 5) is 15.4. The molecule has 1 heterocycles. The smallest absolute Gasteiger partial charge is 0.345 e. The van der Waals surface area contributed by atoms with Crippen LogP contribution in [0.2, 0.25) is 0 Å². The number of benzene rings is 1. The van der Waals surface area contributed by atoms with Gasteiger partial charge in [0.25, 0.3) is 5.91 Å².